The molecule has 7 nitrogen and oxygen atoms in total. The van der Waals surface area contributed by atoms with Gasteiger partial charge in [-0.15, -0.1) is 0 Å². The van der Waals surface area contributed by atoms with Crippen molar-refractivity contribution >= 4 is 5.91 Å². The third-order valence-electron chi connectivity index (χ3n) is 4.42. The number of nitrogens with one attached hydrogen (secondary N) is 2. The highest BCUT2D eigenvalue weighted by Gasteiger charge is 2.33. The third kappa shape index (κ3) is 3.42. The van der Waals surface area contributed by atoms with Crippen LogP contribution in [0.4, 0.5) is 0 Å². The van der Waals surface area contributed by atoms with Gasteiger partial charge in [0.2, 0.25) is 0 Å². The number of aliphatic hydroxyl groups is 2. The Labute approximate surface area is 139 Å². The zero-order valence-electron chi connectivity index (χ0n) is 13.4. The van der Waals surface area contributed by atoms with Crippen molar-refractivity contribution in [3.05, 3.63) is 36.0 Å². The van der Waals surface area contributed by atoms with E-state index in [2.05, 4.69) is 15.5 Å². The van der Waals surface area contributed by atoms with Crippen LogP contribution in [0.2, 0.25) is 0 Å². The molecule has 1 fully saturated rings. The molecular formula is C17H21N3O4. The normalized spacial score (nSPS) is 23.2. The molecule has 0 saturated heterocycles. The molecule has 1 aromatic carbocycles. The van der Waals surface area contributed by atoms with Crippen LogP contribution in [-0.2, 0) is 0 Å². The molecule has 0 radical (unpaired) electrons. The lowest BCUT2D eigenvalue weighted by atomic mass is 10.1. The molecular weight excluding hydrogens is 310 g/mol. The quantitative estimate of drug-likeness (QED) is 0.652. The molecule has 2 aromatic rings. The van der Waals surface area contributed by atoms with Gasteiger partial charge in [-0.3, -0.25) is 9.89 Å². The van der Waals surface area contributed by atoms with Crippen LogP contribution in [0, 0.1) is 5.92 Å². The minimum Gasteiger partial charge on any atom is -0.497 e. The number of methoxy groups -OCH3 is 1. The SMILES string of the molecule is COc1cccc(-c2cc(C(=O)N[C@H]3C[C@@H](CO)[C@@H](O)C3)[nH]n2)c1. The molecule has 7 heteroatoms. The molecule has 1 amide bonds. The fraction of sp³-hybridized carbons (Fsp3) is 0.412. The number of H-pyrrole nitrogens is 1. The van der Waals surface area contributed by atoms with Crippen molar-refractivity contribution in [2.24, 2.45) is 5.92 Å². The molecule has 0 spiro atoms. The predicted molar refractivity (Wildman–Crippen MR) is 87.6 cm³/mol. The van der Waals surface area contributed by atoms with Gasteiger partial charge in [0, 0.05) is 24.1 Å². The Kier molecular flexibility index (Phi) is 4.82. The Morgan fingerprint density at radius 3 is 2.96 bits per heavy atom. The molecule has 0 unspecified atom stereocenters. The van der Waals surface area contributed by atoms with Gasteiger partial charge in [-0.25, -0.2) is 0 Å². The van der Waals surface area contributed by atoms with E-state index in [4.69, 9.17) is 4.74 Å². The summed E-state index contributed by atoms with van der Waals surface area (Å²) in [7, 11) is 1.60. The standard InChI is InChI=1S/C17H21N3O4/c1-24-13-4-2-3-10(6-13)14-8-15(20-19-14)17(23)18-12-5-11(9-21)16(22)7-12/h2-4,6,8,11-12,16,21-22H,5,7,9H2,1H3,(H,18,23)(H,19,20)/t11-,12-,16-/m0/s1. The van der Waals surface area contributed by atoms with Crippen LogP contribution in [-0.4, -0.2) is 52.2 Å². The molecule has 24 heavy (non-hydrogen) atoms. The summed E-state index contributed by atoms with van der Waals surface area (Å²) in [6.45, 7) is -0.0718. The summed E-state index contributed by atoms with van der Waals surface area (Å²) in [5, 5.41) is 28.8. The summed E-state index contributed by atoms with van der Waals surface area (Å²) in [4.78, 5) is 12.3. The van der Waals surface area contributed by atoms with Gasteiger partial charge in [-0.1, -0.05) is 12.1 Å². The molecule has 128 valence electrons. The Morgan fingerprint density at radius 1 is 1.42 bits per heavy atom. The van der Waals surface area contributed by atoms with E-state index in [0.29, 0.717) is 24.2 Å². The van der Waals surface area contributed by atoms with Crippen molar-refractivity contribution in [1.29, 1.82) is 0 Å². The Bertz CT molecular complexity index is 715. The second-order valence-corrected chi connectivity index (χ2v) is 6.05. The van der Waals surface area contributed by atoms with Crippen LogP contribution in [0.3, 0.4) is 0 Å². The molecule has 0 bridgehead atoms. The number of amides is 1. The van der Waals surface area contributed by atoms with Gasteiger partial charge < -0.3 is 20.3 Å². The van der Waals surface area contributed by atoms with E-state index < -0.39 is 6.10 Å². The number of aliphatic hydroxyl groups excluding tert-OH is 2. The van der Waals surface area contributed by atoms with E-state index in [-0.39, 0.29) is 24.5 Å². The van der Waals surface area contributed by atoms with Gasteiger partial charge in [0.05, 0.1) is 18.9 Å². The lowest BCUT2D eigenvalue weighted by molar-refractivity contribution is 0.0902. The Morgan fingerprint density at radius 2 is 2.25 bits per heavy atom. The van der Waals surface area contributed by atoms with Gasteiger partial charge in [0.15, 0.2) is 0 Å². The number of aromatic amines is 1. The predicted octanol–water partition coefficient (Wildman–Crippen LogP) is 0.947. The van der Waals surface area contributed by atoms with E-state index in [1.807, 2.05) is 24.3 Å². The molecule has 1 heterocycles. The van der Waals surface area contributed by atoms with Crippen molar-refractivity contribution in [2.75, 3.05) is 13.7 Å². The number of nitrogens with zero attached hydrogens (tertiary/aromatic N) is 1. The minimum atomic E-state index is -0.575. The molecule has 0 aliphatic heterocycles. The summed E-state index contributed by atoms with van der Waals surface area (Å²) in [5.74, 6) is 0.272. The second kappa shape index (κ2) is 7.02. The molecule has 4 N–H and O–H groups in total. The van der Waals surface area contributed by atoms with Gasteiger partial charge in [0.25, 0.3) is 5.91 Å². The fourth-order valence-corrected chi connectivity index (χ4v) is 3.05. The summed E-state index contributed by atoms with van der Waals surface area (Å²) in [5.41, 5.74) is 1.86. The first-order valence-corrected chi connectivity index (χ1v) is 7.90. The van der Waals surface area contributed by atoms with E-state index in [1.54, 1.807) is 13.2 Å². The largest absolute Gasteiger partial charge is 0.497 e. The van der Waals surface area contributed by atoms with E-state index in [9.17, 15) is 15.0 Å². The molecule has 3 rings (SSSR count). The van der Waals surface area contributed by atoms with Crippen LogP contribution in [0.5, 0.6) is 5.75 Å². The maximum Gasteiger partial charge on any atom is 0.269 e. The number of rotatable bonds is 5. The Hall–Kier alpha value is -2.38. The van der Waals surface area contributed by atoms with E-state index >= 15 is 0 Å². The van der Waals surface area contributed by atoms with Crippen molar-refractivity contribution in [1.82, 2.24) is 15.5 Å². The van der Waals surface area contributed by atoms with E-state index in [1.165, 1.54) is 0 Å². The zero-order chi connectivity index (χ0) is 17.1. The number of hydrogen-bond donors (Lipinski definition) is 4. The summed E-state index contributed by atoms with van der Waals surface area (Å²) in [6.07, 6.45) is 0.447. The van der Waals surface area contributed by atoms with Crippen LogP contribution in [0.15, 0.2) is 30.3 Å². The summed E-state index contributed by atoms with van der Waals surface area (Å²) in [6, 6.07) is 8.97. The maximum atomic E-state index is 12.3. The number of aromatic nitrogens is 2. The Balaban J connectivity index is 1.68. The van der Waals surface area contributed by atoms with Crippen LogP contribution < -0.4 is 10.1 Å². The number of benzene rings is 1. The number of carbonyl (C=O) groups is 1. The maximum absolute atomic E-state index is 12.3. The van der Waals surface area contributed by atoms with Crippen LogP contribution in [0.25, 0.3) is 11.3 Å². The topological polar surface area (TPSA) is 107 Å². The molecule has 1 saturated carbocycles. The third-order valence-corrected chi connectivity index (χ3v) is 4.42. The van der Waals surface area contributed by atoms with E-state index in [0.717, 1.165) is 11.3 Å². The molecule has 1 aromatic heterocycles. The first-order chi connectivity index (χ1) is 11.6. The average molecular weight is 331 g/mol. The highest BCUT2D eigenvalue weighted by Crippen LogP contribution is 2.26. The van der Waals surface area contributed by atoms with Gasteiger partial charge >= 0.3 is 0 Å². The number of ether oxygens (including phenoxy) is 1. The van der Waals surface area contributed by atoms with Crippen LogP contribution >= 0.6 is 0 Å². The zero-order valence-corrected chi connectivity index (χ0v) is 13.4. The molecule has 1 aliphatic carbocycles. The van der Waals surface area contributed by atoms with Crippen LogP contribution in [0.1, 0.15) is 23.3 Å². The van der Waals surface area contributed by atoms with Crippen molar-refractivity contribution in [2.45, 2.75) is 25.0 Å². The first-order valence-electron chi connectivity index (χ1n) is 7.90. The summed E-state index contributed by atoms with van der Waals surface area (Å²) < 4.78 is 5.19. The fourth-order valence-electron chi connectivity index (χ4n) is 3.05. The molecule has 3 atom stereocenters. The second-order valence-electron chi connectivity index (χ2n) is 6.05. The van der Waals surface area contributed by atoms with Crippen molar-refractivity contribution < 1.29 is 19.7 Å². The van der Waals surface area contributed by atoms with Crippen molar-refractivity contribution in [3.63, 3.8) is 0 Å². The smallest absolute Gasteiger partial charge is 0.269 e. The highest BCUT2D eigenvalue weighted by atomic mass is 16.5. The average Bonchev–Trinajstić information content (AvgIpc) is 3.21. The van der Waals surface area contributed by atoms with Gasteiger partial charge in [-0.2, -0.15) is 5.10 Å². The van der Waals surface area contributed by atoms with Gasteiger partial charge in [0.1, 0.15) is 11.4 Å². The molecule has 1 aliphatic rings. The monoisotopic (exact) mass is 331 g/mol. The van der Waals surface area contributed by atoms with Gasteiger partial charge in [-0.05, 0) is 31.0 Å². The number of hydrogen-bond acceptors (Lipinski definition) is 5. The lowest BCUT2D eigenvalue weighted by Gasteiger charge is -2.11. The number of carbonyl (C=O) groups excluding carboxylic acids is 1. The lowest BCUT2D eigenvalue weighted by Crippen LogP contribution is -2.33. The first kappa shape index (κ1) is 16.5. The highest BCUT2D eigenvalue weighted by molar-refractivity contribution is 5.93. The van der Waals surface area contributed by atoms with Crippen molar-refractivity contribution in [3.8, 4) is 17.0 Å². The summed E-state index contributed by atoms with van der Waals surface area (Å²) >= 11 is 0. The minimum absolute atomic E-state index is 0.0718.